The number of hydrogen-bond acceptors (Lipinski definition) is 8. The fourth-order valence-electron chi connectivity index (χ4n) is 3.30. The van der Waals surface area contributed by atoms with Gasteiger partial charge < -0.3 is 19.0 Å². The maximum Gasteiger partial charge on any atom is 0.218 e. The van der Waals surface area contributed by atoms with Crippen molar-refractivity contribution in [3.05, 3.63) is 78.2 Å². The lowest BCUT2D eigenvalue weighted by molar-refractivity contribution is -2.00. The first-order valence-corrected chi connectivity index (χ1v) is 10.9. The number of phenols is 1. The highest BCUT2D eigenvalue weighted by Crippen LogP contribution is 2.31. The van der Waals surface area contributed by atoms with E-state index in [1.807, 2.05) is 54.6 Å². The second-order valence-corrected chi connectivity index (χ2v) is 7.69. The Kier molecular flexibility index (Phi) is 6.50. The Morgan fingerprint density at radius 3 is 2.21 bits per heavy atom. The lowest BCUT2D eigenvalue weighted by Gasteiger charge is -2.17. The highest BCUT2D eigenvalue weighted by molar-refractivity contribution is 5.79. The largest absolute Gasteiger partial charge is 0.508 e. The highest BCUT2D eigenvalue weighted by Gasteiger charge is 2.15. The number of nitrogens with one attached hydrogen (secondary N) is 1. The summed E-state index contributed by atoms with van der Waals surface area (Å²) in [6.07, 6.45) is 0. The molecule has 33 heavy (non-hydrogen) atoms. The Bertz CT molecular complexity index is 1330. The van der Waals surface area contributed by atoms with E-state index in [9.17, 15) is 5.11 Å². The van der Waals surface area contributed by atoms with E-state index in [2.05, 4.69) is 4.99 Å². The van der Waals surface area contributed by atoms with E-state index < -0.39 is 10.2 Å². The van der Waals surface area contributed by atoms with Gasteiger partial charge in [0.2, 0.25) is 11.0 Å². The Hall–Kier alpha value is -3.60. The predicted molar refractivity (Wildman–Crippen MR) is 105 cm³/mol. The molecule has 1 aromatic heterocycles. The van der Waals surface area contributed by atoms with Gasteiger partial charge in [0.05, 0.1) is 17.5 Å². The average molecular weight is 472 g/mol. The molecule has 2 heterocycles. The molecular weight excluding hydrogens is 454 g/mol. The molecule has 2 N–H and O–H groups in total. The van der Waals surface area contributed by atoms with Crippen LogP contribution in [0.4, 0.5) is 5.69 Å². The smallest absolute Gasteiger partial charge is 0.218 e. The number of hydrogen-bond donors (Lipinski definition) is 2. The molecular formula is C23H18ClNO8. The summed E-state index contributed by atoms with van der Waals surface area (Å²) in [5, 5.41) is 11.6. The molecule has 0 atom stereocenters. The van der Waals surface area contributed by atoms with Gasteiger partial charge in [-0.1, -0.05) is 30.3 Å². The quantitative estimate of drug-likeness (QED) is 0.344. The number of fused-ring (bicyclic) bond motifs is 2. The van der Waals surface area contributed by atoms with Crippen LogP contribution in [-0.4, -0.2) is 18.3 Å². The van der Waals surface area contributed by atoms with Crippen LogP contribution >= 0.6 is 0 Å². The maximum atomic E-state index is 9.96. The number of halogens is 1. The molecule has 5 rings (SSSR count). The molecule has 0 saturated heterocycles. The first-order valence-electron chi connectivity index (χ1n) is 9.70. The zero-order chi connectivity index (χ0) is 23.4. The molecule has 0 amide bonds. The summed E-state index contributed by atoms with van der Waals surface area (Å²) in [6, 6.07) is 22.7. The third-order valence-corrected chi connectivity index (χ3v) is 4.63. The van der Waals surface area contributed by atoms with Crippen molar-refractivity contribution in [3.63, 3.8) is 0 Å². The third-order valence-electron chi connectivity index (χ3n) is 4.63. The standard InChI is InChI=1S/C23H17NO4.ClHO4/c25-17-7-9-20-18(13-17)19(14-22(28-20)15-4-2-1-3-5-15)24-16-6-8-21-23(12-16)27-11-10-26-21;2-1(3,4)5/h1-9,12-14,25H,10-11H2;(H,2,3,4,5). The van der Waals surface area contributed by atoms with Gasteiger partial charge in [0, 0.05) is 11.6 Å². The molecule has 3 aromatic carbocycles. The molecule has 1 aliphatic heterocycles. The van der Waals surface area contributed by atoms with Crippen LogP contribution in [0.1, 0.15) is 0 Å². The fraction of sp³-hybridized carbons (Fsp3) is 0.0870. The van der Waals surface area contributed by atoms with Crippen molar-refractivity contribution in [1.82, 2.24) is 0 Å². The summed E-state index contributed by atoms with van der Waals surface area (Å²) >= 11 is 0. The second-order valence-electron chi connectivity index (χ2n) is 6.93. The molecule has 0 unspecified atom stereocenters. The van der Waals surface area contributed by atoms with Gasteiger partial charge in [-0.3, -0.25) is 0 Å². The molecule has 1 aliphatic rings. The van der Waals surface area contributed by atoms with Crippen molar-refractivity contribution < 1.29 is 52.9 Å². The van der Waals surface area contributed by atoms with E-state index in [0.717, 1.165) is 33.5 Å². The minimum atomic E-state index is -4.94. The van der Waals surface area contributed by atoms with E-state index in [4.69, 9.17) is 32.5 Å². The van der Waals surface area contributed by atoms with Gasteiger partial charge in [0.25, 0.3) is 0 Å². The minimum Gasteiger partial charge on any atom is -0.508 e. The normalized spacial score (nSPS) is 13.4. The highest BCUT2D eigenvalue weighted by atomic mass is 35.7. The Morgan fingerprint density at radius 2 is 1.48 bits per heavy atom. The topological polar surface area (TPSA) is 158 Å². The van der Waals surface area contributed by atoms with Crippen molar-refractivity contribution in [2.75, 3.05) is 13.2 Å². The van der Waals surface area contributed by atoms with Gasteiger partial charge in [-0.2, -0.15) is 0 Å². The number of rotatable bonds is 2. The van der Waals surface area contributed by atoms with Crippen LogP contribution in [0.3, 0.4) is 0 Å². The molecule has 10 heteroatoms. The van der Waals surface area contributed by atoms with Gasteiger partial charge in [-0.15, -0.1) is 10.2 Å². The van der Waals surface area contributed by atoms with E-state index >= 15 is 0 Å². The molecule has 170 valence electrons. The summed E-state index contributed by atoms with van der Waals surface area (Å²) in [6.45, 7) is 1.10. The molecule has 0 bridgehead atoms. The summed E-state index contributed by atoms with van der Waals surface area (Å²) in [7, 11) is -4.94. The number of phenolic OH excluding ortho intramolecular Hbond substituents is 1. The summed E-state index contributed by atoms with van der Waals surface area (Å²) in [5.41, 5.74) is 2.51. The zero-order valence-electron chi connectivity index (χ0n) is 17.0. The molecule has 0 aliphatic carbocycles. The molecule has 4 aromatic rings. The molecule has 0 radical (unpaired) electrons. The van der Waals surface area contributed by atoms with Crippen LogP contribution in [0, 0.1) is 10.2 Å². The lowest BCUT2D eigenvalue weighted by Crippen LogP contribution is -2.70. The van der Waals surface area contributed by atoms with Gasteiger partial charge in [-0.25, -0.2) is 23.6 Å². The Balaban J connectivity index is 0.000000471. The van der Waals surface area contributed by atoms with Crippen molar-refractivity contribution in [2.45, 2.75) is 0 Å². The first kappa shape index (κ1) is 22.6. The van der Waals surface area contributed by atoms with Gasteiger partial charge in [-0.05, 0) is 24.3 Å². The maximum absolute atomic E-state index is 9.96. The first-order chi connectivity index (χ1) is 15.8. The molecule has 0 fully saturated rings. The predicted octanol–water partition coefficient (Wildman–Crippen LogP) is -1.87. The summed E-state index contributed by atoms with van der Waals surface area (Å²) in [4.78, 5) is 3.43. The van der Waals surface area contributed by atoms with Crippen LogP contribution in [-0.2, 0) is 0 Å². The third kappa shape index (κ3) is 6.01. The van der Waals surface area contributed by atoms with E-state index in [1.54, 1.807) is 18.2 Å². The minimum absolute atomic E-state index is 0.181. The molecule has 9 nitrogen and oxygen atoms in total. The van der Waals surface area contributed by atoms with Crippen molar-refractivity contribution in [2.24, 2.45) is 0 Å². The van der Waals surface area contributed by atoms with Gasteiger partial charge >= 0.3 is 0 Å². The van der Waals surface area contributed by atoms with Crippen molar-refractivity contribution in [1.29, 1.82) is 0 Å². The SMILES string of the molecule is Oc1ccc2oc(-c3ccccc3)cc(=[NH+]c3ccc4c(c3)OCCO4)c2c1.[O-][Cl+3]([O-])([O-])[O-]. The van der Waals surface area contributed by atoms with E-state index in [0.29, 0.717) is 24.5 Å². The van der Waals surface area contributed by atoms with E-state index in [-0.39, 0.29) is 5.75 Å². The Morgan fingerprint density at radius 1 is 0.788 bits per heavy atom. The van der Waals surface area contributed by atoms with Gasteiger partial charge in [0.1, 0.15) is 30.3 Å². The number of benzene rings is 3. The van der Waals surface area contributed by atoms with Crippen molar-refractivity contribution >= 4 is 16.7 Å². The van der Waals surface area contributed by atoms with Crippen LogP contribution in [0.5, 0.6) is 17.2 Å². The van der Waals surface area contributed by atoms with Crippen LogP contribution in [0.25, 0.3) is 22.3 Å². The molecule has 0 spiro atoms. The number of aromatic hydroxyl groups is 1. The summed E-state index contributed by atoms with van der Waals surface area (Å²) in [5.74, 6) is 2.37. The monoisotopic (exact) mass is 471 g/mol. The fourth-order valence-corrected chi connectivity index (χ4v) is 3.30. The van der Waals surface area contributed by atoms with Crippen molar-refractivity contribution in [3.8, 4) is 28.6 Å². The van der Waals surface area contributed by atoms with Crippen LogP contribution in [0.2, 0.25) is 0 Å². The van der Waals surface area contributed by atoms with Crippen LogP contribution < -0.4 is 38.5 Å². The van der Waals surface area contributed by atoms with Crippen LogP contribution in [0.15, 0.2) is 77.2 Å². The van der Waals surface area contributed by atoms with E-state index in [1.165, 1.54) is 0 Å². The second kappa shape index (κ2) is 9.49. The summed E-state index contributed by atoms with van der Waals surface area (Å²) < 4.78 is 51.3. The zero-order valence-corrected chi connectivity index (χ0v) is 17.8. The average Bonchev–Trinajstić information content (AvgIpc) is 2.79. The Labute approximate surface area is 189 Å². The molecule has 0 saturated carbocycles. The number of ether oxygens (including phenoxy) is 2. The lowest BCUT2D eigenvalue weighted by atomic mass is 10.1. The van der Waals surface area contributed by atoms with Gasteiger partial charge in [0.15, 0.2) is 11.5 Å².